The minimum absolute atomic E-state index is 0.852. The van der Waals surface area contributed by atoms with Gasteiger partial charge >= 0.3 is 85.9 Å². The summed E-state index contributed by atoms with van der Waals surface area (Å²) in [6.45, 7) is 0. The average Bonchev–Trinajstić information content (AvgIpc) is 2.16. The van der Waals surface area contributed by atoms with Crippen LogP contribution in [0.5, 0.6) is 11.5 Å². The molecule has 0 amide bonds. The Balaban J connectivity index is 3.02. The van der Waals surface area contributed by atoms with E-state index in [9.17, 15) is 0 Å². The van der Waals surface area contributed by atoms with Gasteiger partial charge in [-0.1, -0.05) is 0 Å². The molecule has 0 saturated heterocycles. The summed E-state index contributed by atoms with van der Waals surface area (Å²) in [5.74, 6) is 1.78. The Kier molecular flexibility index (Phi) is 3.72. The molecule has 0 aromatic heterocycles. The van der Waals surface area contributed by atoms with Crippen molar-refractivity contribution in [3.05, 3.63) is 23.8 Å². The van der Waals surface area contributed by atoms with Crippen LogP contribution in [-0.2, 0) is 4.44 Å². The third-order valence-electron chi connectivity index (χ3n) is 1.71. The zero-order chi connectivity index (χ0) is 8.97. The standard InChI is InChI=1S/C9H11O2.Sn.H/c1-7-4-5-8(10-2)6-9(7)11-3;;/h4-6H,1H2,2-3H3;;. The Morgan fingerprint density at radius 2 is 2.00 bits per heavy atom. The van der Waals surface area contributed by atoms with Crippen LogP contribution in [0.15, 0.2) is 18.2 Å². The van der Waals surface area contributed by atoms with Gasteiger partial charge in [-0.05, 0) is 0 Å². The summed E-state index contributed by atoms with van der Waals surface area (Å²) in [4.78, 5) is 0. The first-order chi connectivity index (χ1) is 5.81. The third-order valence-corrected chi connectivity index (χ3v) is 2.97. The summed E-state index contributed by atoms with van der Waals surface area (Å²) >= 11 is 1.22. The van der Waals surface area contributed by atoms with E-state index >= 15 is 0 Å². The maximum atomic E-state index is 5.22. The van der Waals surface area contributed by atoms with Crippen molar-refractivity contribution >= 4 is 22.5 Å². The molecule has 0 aliphatic carbocycles. The molecule has 2 nitrogen and oxygen atoms in total. The molecule has 0 unspecified atom stereocenters. The summed E-state index contributed by atoms with van der Waals surface area (Å²) in [5.41, 5.74) is 1.26. The molecular weight excluding hydrogens is 259 g/mol. The van der Waals surface area contributed by atoms with Crippen LogP contribution in [0.25, 0.3) is 0 Å². The number of ether oxygens (including phenoxy) is 2. The van der Waals surface area contributed by atoms with Crippen LogP contribution in [0.3, 0.4) is 0 Å². The number of methoxy groups -OCH3 is 2. The summed E-state index contributed by atoms with van der Waals surface area (Å²) in [6.07, 6.45) is 0. The Morgan fingerprint density at radius 1 is 1.25 bits per heavy atom. The van der Waals surface area contributed by atoms with Crippen LogP contribution in [0, 0.1) is 0 Å². The van der Waals surface area contributed by atoms with Crippen molar-refractivity contribution in [3.8, 4) is 11.5 Å². The molecule has 0 atom stereocenters. The van der Waals surface area contributed by atoms with Gasteiger partial charge in [-0.2, -0.15) is 0 Å². The summed E-state index contributed by atoms with van der Waals surface area (Å²) in [5, 5.41) is 0. The van der Waals surface area contributed by atoms with Gasteiger partial charge in [0.15, 0.2) is 0 Å². The SMILES string of the molecule is COc1ccc([CH2][SnH])c(OC)c1. The third kappa shape index (κ3) is 2.06. The molecule has 1 aromatic carbocycles. The second kappa shape index (κ2) is 4.60. The van der Waals surface area contributed by atoms with Crippen molar-refractivity contribution < 1.29 is 9.47 Å². The van der Waals surface area contributed by atoms with Crippen molar-refractivity contribution in [2.75, 3.05) is 14.2 Å². The zero-order valence-corrected chi connectivity index (χ0v) is 10.6. The molecule has 3 heteroatoms. The Bertz CT molecular complexity index is 261. The van der Waals surface area contributed by atoms with Gasteiger partial charge in [0.1, 0.15) is 0 Å². The number of hydrogen-bond acceptors (Lipinski definition) is 2. The number of benzene rings is 1. The predicted molar refractivity (Wildman–Crippen MR) is 50.4 cm³/mol. The van der Waals surface area contributed by atoms with Crippen LogP contribution in [0.2, 0.25) is 0 Å². The molecule has 0 N–H and O–H groups in total. The monoisotopic (exact) mass is 272 g/mol. The van der Waals surface area contributed by atoms with Gasteiger partial charge in [-0.15, -0.1) is 0 Å². The fourth-order valence-electron chi connectivity index (χ4n) is 1.02. The molecule has 0 bridgehead atoms. The predicted octanol–water partition coefficient (Wildman–Crippen LogP) is 1.10. The van der Waals surface area contributed by atoms with Gasteiger partial charge < -0.3 is 0 Å². The molecule has 0 aliphatic heterocycles. The van der Waals surface area contributed by atoms with Crippen molar-refractivity contribution in [2.24, 2.45) is 0 Å². The topological polar surface area (TPSA) is 18.5 Å². The van der Waals surface area contributed by atoms with Gasteiger partial charge in [-0.25, -0.2) is 0 Å². The maximum absolute atomic E-state index is 5.22. The van der Waals surface area contributed by atoms with E-state index in [2.05, 4.69) is 6.07 Å². The fraction of sp³-hybridized carbons (Fsp3) is 0.333. The van der Waals surface area contributed by atoms with E-state index in [1.165, 1.54) is 28.1 Å². The van der Waals surface area contributed by atoms with Crippen LogP contribution in [-0.4, -0.2) is 36.7 Å². The van der Waals surface area contributed by atoms with Crippen molar-refractivity contribution in [1.29, 1.82) is 0 Å². The molecule has 2 radical (unpaired) electrons. The first-order valence-electron chi connectivity index (χ1n) is 3.72. The molecule has 0 heterocycles. The molecule has 1 aromatic rings. The van der Waals surface area contributed by atoms with Gasteiger partial charge in [0, 0.05) is 0 Å². The molecular formula is C9H12O2Sn. The molecule has 64 valence electrons. The van der Waals surface area contributed by atoms with Crippen LogP contribution >= 0.6 is 0 Å². The number of rotatable bonds is 3. The van der Waals surface area contributed by atoms with E-state index < -0.39 is 0 Å². The van der Waals surface area contributed by atoms with E-state index in [4.69, 9.17) is 9.47 Å². The van der Waals surface area contributed by atoms with Crippen molar-refractivity contribution in [3.63, 3.8) is 0 Å². The first-order valence-corrected chi connectivity index (χ1v) is 6.05. The molecule has 1 rings (SSSR count). The quantitative estimate of drug-likeness (QED) is 0.766. The van der Waals surface area contributed by atoms with E-state index in [0.717, 1.165) is 15.9 Å². The summed E-state index contributed by atoms with van der Waals surface area (Å²) < 4.78 is 11.4. The van der Waals surface area contributed by atoms with E-state index in [1.54, 1.807) is 14.2 Å². The molecule has 0 spiro atoms. The average molecular weight is 271 g/mol. The molecule has 0 saturated carbocycles. The summed E-state index contributed by atoms with van der Waals surface area (Å²) in [7, 11) is 3.35. The molecule has 12 heavy (non-hydrogen) atoms. The second-order valence-corrected chi connectivity index (χ2v) is 3.55. The van der Waals surface area contributed by atoms with Gasteiger partial charge in [0.05, 0.1) is 0 Å². The Morgan fingerprint density at radius 3 is 2.50 bits per heavy atom. The van der Waals surface area contributed by atoms with Gasteiger partial charge in [0.25, 0.3) is 0 Å². The summed E-state index contributed by atoms with van der Waals surface area (Å²) in [6, 6.07) is 5.95. The van der Waals surface area contributed by atoms with Crippen LogP contribution < -0.4 is 9.47 Å². The van der Waals surface area contributed by atoms with Crippen molar-refractivity contribution in [2.45, 2.75) is 4.44 Å². The Hall–Kier alpha value is -0.381. The van der Waals surface area contributed by atoms with E-state index in [1.807, 2.05) is 12.1 Å². The Labute approximate surface area is 86.0 Å². The van der Waals surface area contributed by atoms with Crippen molar-refractivity contribution in [1.82, 2.24) is 0 Å². The van der Waals surface area contributed by atoms with Gasteiger partial charge in [-0.3, -0.25) is 0 Å². The molecule has 0 fully saturated rings. The van der Waals surface area contributed by atoms with Gasteiger partial charge in [0.2, 0.25) is 0 Å². The van der Waals surface area contributed by atoms with Crippen LogP contribution in [0.4, 0.5) is 0 Å². The fourth-order valence-corrected chi connectivity index (χ4v) is 1.98. The zero-order valence-electron chi connectivity index (χ0n) is 7.33. The first kappa shape index (κ1) is 9.70. The molecule has 0 aliphatic rings. The normalized spacial score (nSPS) is 9.58. The van der Waals surface area contributed by atoms with Crippen LogP contribution in [0.1, 0.15) is 5.56 Å². The second-order valence-electron chi connectivity index (χ2n) is 2.38. The number of hydrogen-bond donors (Lipinski definition) is 0. The minimum atomic E-state index is 0.852. The van der Waals surface area contributed by atoms with E-state index in [0.29, 0.717) is 0 Å². The van der Waals surface area contributed by atoms with E-state index in [-0.39, 0.29) is 0 Å².